The average Bonchev–Trinajstić information content (AvgIpc) is 2.74. The van der Waals surface area contributed by atoms with Gasteiger partial charge in [0, 0.05) is 0 Å². The van der Waals surface area contributed by atoms with E-state index in [0.717, 1.165) is 0 Å². The second-order valence-corrected chi connectivity index (χ2v) is 7.45. The van der Waals surface area contributed by atoms with Crippen molar-refractivity contribution in [3.05, 3.63) is 0 Å². The summed E-state index contributed by atoms with van der Waals surface area (Å²) in [7, 11) is 0. The Bertz CT molecular complexity index is 604. The number of nitrogens with two attached hydrogens (primary N) is 5. The van der Waals surface area contributed by atoms with Crippen LogP contribution in [0.2, 0.25) is 0 Å². The minimum absolute atomic E-state index is 0.126. The summed E-state index contributed by atoms with van der Waals surface area (Å²) in [5.74, 6) is -3.88. The normalized spacial score (nSPS) is 16.9. The SMILES string of the molecule is CC[C@H](C)[C@H](N)C(=O)O[C@H](C)[C@H](N)C(=O)OC(=O)[C@@H](N)COC(=O)[C@@H](N)CCCCN. The van der Waals surface area contributed by atoms with Gasteiger partial charge in [-0.3, -0.25) is 9.59 Å². The first-order valence-electron chi connectivity index (χ1n) is 10.3. The van der Waals surface area contributed by atoms with Gasteiger partial charge in [-0.1, -0.05) is 26.7 Å². The molecule has 0 aromatic heterocycles. The van der Waals surface area contributed by atoms with Crippen molar-refractivity contribution in [2.45, 2.75) is 76.7 Å². The molecule has 0 unspecified atom stereocenters. The first kappa shape index (κ1) is 28.9. The van der Waals surface area contributed by atoms with Crippen LogP contribution in [0.15, 0.2) is 0 Å². The molecule has 0 aromatic rings. The van der Waals surface area contributed by atoms with Crippen molar-refractivity contribution in [2.75, 3.05) is 13.2 Å². The molecule has 12 heteroatoms. The van der Waals surface area contributed by atoms with Crippen LogP contribution in [0.4, 0.5) is 0 Å². The molecule has 6 atom stereocenters. The number of unbranched alkanes of at least 4 members (excludes halogenated alkanes) is 1. The maximum Gasteiger partial charge on any atom is 0.334 e. The lowest BCUT2D eigenvalue weighted by Crippen LogP contribution is -2.49. The van der Waals surface area contributed by atoms with E-state index in [9.17, 15) is 19.2 Å². The monoisotopic (exact) mass is 447 g/mol. The van der Waals surface area contributed by atoms with Gasteiger partial charge >= 0.3 is 23.9 Å². The fraction of sp³-hybridized carbons (Fsp3) is 0.789. The Morgan fingerprint density at radius 1 is 0.806 bits per heavy atom. The predicted molar refractivity (Wildman–Crippen MR) is 112 cm³/mol. The van der Waals surface area contributed by atoms with Crippen LogP contribution in [-0.4, -0.2) is 67.3 Å². The molecule has 0 rings (SSSR count). The fourth-order valence-corrected chi connectivity index (χ4v) is 2.23. The minimum Gasteiger partial charge on any atom is -0.462 e. The zero-order valence-corrected chi connectivity index (χ0v) is 18.5. The summed E-state index contributed by atoms with van der Waals surface area (Å²) in [6.07, 6.45) is 1.31. The van der Waals surface area contributed by atoms with Crippen LogP contribution in [0.3, 0.4) is 0 Å². The summed E-state index contributed by atoms with van der Waals surface area (Å²) >= 11 is 0. The first-order chi connectivity index (χ1) is 14.5. The number of ether oxygens (including phenoxy) is 3. The van der Waals surface area contributed by atoms with E-state index in [-0.39, 0.29) is 5.92 Å². The van der Waals surface area contributed by atoms with Crippen molar-refractivity contribution in [2.24, 2.45) is 34.6 Å². The van der Waals surface area contributed by atoms with Crippen LogP contribution in [0.25, 0.3) is 0 Å². The van der Waals surface area contributed by atoms with Crippen LogP contribution < -0.4 is 28.7 Å². The molecule has 0 saturated heterocycles. The van der Waals surface area contributed by atoms with Crippen LogP contribution in [0.5, 0.6) is 0 Å². The summed E-state index contributed by atoms with van der Waals surface area (Å²) in [5.41, 5.74) is 28.1. The second kappa shape index (κ2) is 14.8. The summed E-state index contributed by atoms with van der Waals surface area (Å²) in [4.78, 5) is 47.8. The molecule has 0 heterocycles. The lowest BCUT2D eigenvalue weighted by Gasteiger charge is -2.23. The van der Waals surface area contributed by atoms with E-state index in [0.29, 0.717) is 32.2 Å². The summed E-state index contributed by atoms with van der Waals surface area (Å²) in [5, 5.41) is 0. The minimum atomic E-state index is -1.44. The molecule has 0 amide bonds. The molecule has 0 spiro atoms. The highest BCUT2D eigenvalue weighted by molar-refractivity contribution is 5.91. The lowest BCUT2D eigenvalue weighted by molar-refractivity contribution is -0.166. The number of carbonyl (C=O) groups is 4. The summed E-state index contributed by atoms with van der Waals surface area (Å²) in [6, 6.07) is -4.61. The van der Waals surface area contributed by atoms with E-state index in [1.165, 1.54) is 6.92 Å². The van der Waals surface area contributed by atoms with E-state index < -0.39 is 60.8 Å². The molecule has 0 aromatic carbocycles. The zero-order valence-electron chi connectivity index (χ0n) is 18.5. The smallest absolute Gasteiger partial charge is 0.334 e. The highest BCUT2D eigenvalue weighted by Gasteiger charge is 2.31. The maximum atomic E-state index is 12.0. The maximum absolute atomic E-state index is 12.0. The van der Waals surface area contributed by atoms with Crippen LogP contribution in [-0.2, 0) is 33.4 Å². The molecule has 12 nitrogen and oxygen atoms in total. The van der Waals surface area contributed by atoms with Crippen LogP contribution in [0, 0.1) is 5.92 Å². The second-order valence-electron chi connectivity index (χ2n) is 7.45. The quantitative estimate of drug-likeness (QED) is 0.0844. The van der Waals surface area contributed by atoms with Crippen molar-refractivity contribution in [3.63, 3.8) is 0 Å². The molecule has 0 bridgehead atoms. The summed E-state index contributed by atoms with van der Waals surface area (Å²) in [6.45, 7) is 4.97. The molecular weight excluding hydrogens is 410 g/mol. The average molecular weight is 448 g/mol. The van der Waals surface area contributed by atoms with Gasteiger partial charge in [-0.25, -0.2) is 9.59 Å². The molecule has 0 aliphatic carbocycles. The van der Waals surface area contributed by atoms with Gasteiger partial charge < -0.3 is 42.9 Å². The molecule has 10 N–H and O–H groups in total. The highest BCUT2D eigenvalue weighted by Crippen LogP contribution is 2.09. The van der Waals surface area contributed by atoms with Crippen LogP contribution in [0.1, 0.15) is 46.5 Å². The van der Waals surface area contributed by atoms with E-state index in [1.807, 2.05) is 6.92 Å². The van der Waals surface area contributed by atoms with E-state index >= 15 is 0 Å². The molecule has 0 aliphatic rings. The van der Waals surface area contributed by atoms with Gasteiger partial charge in [-0.05, 0) is 32.2 Å². The summed E-state index contributed by atoms with van der Waals surface area (Å²) < 4.78 is 14.5. The molecule has 180 valence electrons. The number of hydrogen-bond acceptors (Lipinski definition) is 12. The van der Waals surface area contributed by atoms with Crippen molar-refractivity contribution in [1.29, 1.82) is 0 Å². The van der Waals surface area contributed by atoms with Gasteiger partial charge in [0.15, 0.2) is 0 Å². The van der Waals surface area contributed by atoms with Gasteiger partial charge in [0.25, 0.3) is 0 Å². The van der Waals surface area contributed by atoms with Crippen molar-refractivity contribution in [1.82, 2.24) is 0 Å². The van der Waals surface area contributed by atoms with E-state index in [1.54, 1.807) is 6.92 Å². The lowest BCUT2D eigenvalue weighted by atomic mass is 10.0. The van der Waals surface area contributed by atoms with Crippen molar-refractivity contribution >= 4 is 23.9 Å². The Kier molecular flexibility index (Phi) is 13.8. The topological polar surface area (TPSA) is 226 Å². The molecule has 0 fully saturated rings. The van der Waals surface area contributed by atoms with E-state index in [2.05, 4.69) is 4.74 Å². The largest absolute Gasteiger partial charge is 0.462 e. The fourth-order valence-electron chi connectivity index (χ4n) is 2.23. The number of esters is 4. The van der Waals surface area contributed by atoms with Crippen LogP contribution >= 0.6 is 0 Å². The number of carbonyl (C=O) groups excluding carboxylic acids is 4. The van der Waals surface area contributed by atoms with Crippen molar-refractivity contribution < 1.29 is 33.4 Å². The molecule has 31 heavy (non-hydrogen) atoms. The zero-order chi connectivity index (χ0) is 24.1. The first-order valence-corrected chi connectivity index (χ1v) is 10.3. The predicted octanol–water partition coefficient (Wildman–Crippen LogP) is -1.98. The standard InChI is InChI=1S/C19H37N5O7/c1-4-10(2)14(23)18(27)30-11(3)15(24)19(28)31-17(26)13(22)9-29-16(25)12(21)7-5-6-8-20/h10-15H,4-9,20-24H2,1-3H3/t10-,11+,12-,13-,14-,15-/m0/s1. The number of hydrogen-bond donors (Lipinski definition) is 5. The van der Waals surface area contributed by atoms with Gasteiger partial charge in [-0.2, -0.15) is 0 Å². The Morgan fingerprint density at radius 3 is 1.97 bits per heavy atom. The van der Waals surface area contributed by atoms with Gasteiger partial charge in [-0.15, -0.1) is 0 Å². The molecule has 0 saturated carbocycles. The number of rotatable bonds is 14. The Morgan fingerprint density at radius 2 is 1.42 bits per heavy atom. The molecule has 0 aliphatic heterocycles. The third-order valence-electron chi connectivity index (χ3n) is 4.79. The van der Waals surface area contributed by atoms with Gasteiger partial charge in [0.1, 0.15) is 36.9 Å². The molecule has 0 radical (unpaired) electrons. The van der Waals surface area contributed by atoms with Gasteiger partial charge in [0.05, 0.1) is 0 Å². The third-order valence-corrected chi connectivity index (χ3v) is 4.79. The Hall–Kier alpha value is -2.12. The Balaban J connectivity index is 4.51. The highest BCUT2D eigenvalue weighted by atomic mass is 16.6. The molecular formula is C19H37N5O7. The third kappa shape index (κ3) is 10.6. The van der Waals surface area contributed by atoms with Crippen molar-refractivity contribution in [3.8, 4) is 0 Å². The van der Waals surface area contributed by atoms with E-state index in [4.69, 9.17) is 38.1 Å². The Labute approximate surface area is 182 Å². The van der Waals surface area contributed by atoms with Gasteiger partial charge in [0.2, 0.25) is 0 Å².